The summed E-state index contributed by atoms with van der Waals surface area (Å²) in [4.78, 5) is 6.42. The molecule has 1 aromatic rings. The molecular formula is C4H5N3SZn. The zero-order valence-electron chi connectivity index (χ0n) is 4.78. The zero-order chi connectivity index (χ0) is 6.24. The molecule has 5 heteroatoms. The molecule has 1 heterocycles. The van der Waals surface area contributed by atoms with Crippen molar-refractivity contribution in [2.24, 2.45) is 0 Å². The van der Waals surface area contributed by atoms with Gasteiger partial charge in [0.05, 0.1) is 6.33 Å². The quantitative estimate of drug-likeness (QED) is 0.363. The summed E-state index contributed by atoms with van der Waals surface area (Å²) in [6, 6.07) is 0. The van der Waals surface area contributed by atoms with E-state index in [1.807, 2.05) is 0 Å². The third-order valence-electron chi connectivity index (χ3n) is 0.406. The summed E-state index contributed by atoms with van der Waals surface area (Å²) >= 11 is 3.09. The first kappa shape index (κ1) is 11.5. The van der Waals surface area contributed by atoms with Gasteiger partial charge in [-0.2, -0.15) is 5.26 Å². The maximum absolute atomic E-state index is 7.18. The Morgan fingerprint density at radius 2 is 2.22 bits per heavy atom. The molecule has 0 aliphatic carbocycles. The van der Waals surface area contributed by atoms with Crippen LogP contribution in [0.2, 0.25) is 0 Å². The molecule has 0 aliphatic rings. The van der Waals surface area contributed by atoms with Gasteiger partial charge in [-0.3, -0.25) is 0 Å². The number of aromatic nitrogens is 2. The van der Waals surface area contributed by atoms with Crippen LogP contribution in [0.5, 0.6) is 0 Å². The van der Waals surface area contributed by atoms with E-state index in [4.69, 9.17) is 5.26 Å². The normalized spacial score (nSPS) is 5.33. The molecule has 0 bridgehead atoms. The maximum atomic E-state index is 7.18. The standard InChI is InChI=1S/C3H4N2.CHNS.Zn/c1-2-5-3-4-1;2-1-3;/h1-3H,(H,4,5);3H;. The predicted octanol–water partition coefficient (Wildman–Crippen LogP) is 0.804. The van der Waals surface area contributed by atoms with E-state index in [1.165, 1.54) is 5.40 Å². The molecule has 3 nitrogen and oxygen atoms in total. The second-order valence-electron chi connectivity index (χ2n) is 0.861. The topological polar surface area (TPSA) is 52.5 Å². The molecule has 0 aromatic carbocycles. The van der Waals surface area contributed by atoms with Gasteiger partial charge >= 0.3 is 0 Å². The molecule has 9 heavy (non-hydrogen) atoms. The van der Waals surface area contributed by atoms with E-state index in [9.17, 15) is 0 Å². The fourth-order valence-corrected chi connectivity index (χ4v) is 0.215. The van der Waals surface area contributed by atoms with Gasteiger partial charge in [0.2, 0.25) is 0 Å². The van der Waals surface area contributed by atoms with Crippen LogP contribution in [0, 0.1) is 10.7 Å². The Morgan fingerprint density at radius 3 is 2.33 bits per heavy atom. The third-order valence-corrected chi connectivity index (χ3v) is 0.406. The van der Waals surface area contributed by atoms with E-state index >= 15 is 0 Å². The molecule has 1 aromatic heterocycles. The molecule has 1 rings (SSSR count). The first-order valence-corrected chi connectivity index (χ1v) is 2.32. The van der Waals surface area contributed by atoms with Crippen LogP contribution in [0.25, 0.3) is 0 Å². The summed E-state index contributed by atoms with van der Waals surface area (Å²) in [7, 11) is 0. The van der Waals surface area contributed by atoms with Gasteiger partial charge in [0.25, 0.3) is 0 Å². The molecule has 0 unspecified atom stereocenters. The fourth-order valence-electron chi connectivity index (χ4n) is 0.215. The van der Waals surface area contributed by atoms with Gasteiger partial charge < -0.3 is 4.98 Å². The first-order chi connectivity index (χ1) is 3.91. The number of aromatic amines is 1. The van der Waals surface area contributed by atoms with Gasteiger partial charge in [-0.1, -0.05) is 12.6 Å². The van der Waals surface area contributed by atoms with Crippen molar-refractivity contribution in [3.63, 3.8) is 0 Å². The zero-order valence-corrected chi connectivity index (χ0v) is 8.64. The summed E-state index contributed by atoms with van der Waals surface area (Å²) in [6.45, 7) is 0. The molecule has 0 saturated carbocycles. The number of thiocyanates is 1. The molecule has 0 aliphatic heterocycles. The Bertz CT molecular complexity index is 128. The minimum absolute atomic E-state index is 0. The van der Waals surface area contributed by atoms with Crippen LogP contribution in [0.3, 0.4) is 0 Å². The van der Waals surface area contributed by atoms with Gasteiger partial charge in [0.15, 0.2) is 0 Å². The van der Waals surface area contributed by atoms with Crippen molar-refractivity contribution in [1.82, 2.24) is 9.97 Å². The van der Waals surface area contributed by atoms with Crippen molar-refractivity contribution in [1.29, 1.82) is 5.26 Å². The van der Waals surface area contributed by atoms with Crippen LogP contribution in [-0.4, -0.2) is 9.97 Å². The monoisotopic (exact) mass is 191 g/mol. The van der Waals surface area contributed by atoms with Crippen molar-refractivity contribution in [2.45, 2.75) is 0 Å². The number of H-pyrrole nitrogens is 1. The minimum atomic E-state index is 0. The number of hydrogen-bond donors (Lipinski definition) is 2. The minimum Gasteiger partial charge on any atom is -0.351 e. The number of hydrogen-bond acceptors (Lipinski definition) is 3. The van der Waals surface area contributed by atoms with E-state index in [2.05, 4.69) is 22.6 Å². The third kappa shape index (κ3) is 11.3. The Balaban J connectivity index is 0. The second kappa shape index (κ2) is 10.6. The van der Waals surface area contributed by atoms with E-state index < -0.39 is 0 Å². The summed E-state index contributed by atoms with van der Waals surface area (Å²) < 4.78 is 0. The SMILES string of the molecule is N#CS.[Zn].c1c[nH]cn1. The summed E-state index contributed by atoms with van der Waals surface area (Å²) in [6.07, 6.45) is 5.08. The van der Waals surface area contributed by atoms with Crippen LogP contribution in [0.4, 0.5) is 0 Å². The van der Waals surface area contributed by atoms with Crippen molar-refractivity contribution in [2.75, 3.05) is 0 Å². The number of nitrogens with zero attached hydrogens (tertiary/aromatic N) is 2. The molecule has 0 fully saturated rings. The predicted molar refractivity (Wildman–Crippen MR) is 33.2 cm³/mol. The summed E-state index contributed by atoms with van der Waals surface area (Å²) in [5.74, 6) is 0. The molecule has 1 N–H and O–H groups in total. The Labute approximate surface area is 71.7 Å². The average Bonchev–Trinajstić information content (AvgIpc) is 2.17. The van der Waals surface area contributed by atoms with Crippen LogP contribution >= 0.6 is 12.6 Å². The Kier molecular flexibility index (Phi) is 13.5. The number of thiol groups is 1. The van der Waals surface area contributed by atoms with Gasteiger partial charge in [0.1, 0.15) is 5.40 Å². The van der Waals surface area contributed by atoms with Gasteiger partial charge in [-0.15, -0.1) is 0 Å². The van der Waals surface area contributed by atoms with E-state index in [1.54, 1.807) is 18.7 Å². The molecule has 0 saturated heterocycles. The number of nitrogens with one attached hydrogen (secondary N) is 1. The molecule has 0 spiro atoms. The van der Waals surface area contributed by atoms with E-state index in [0.29, 0.717) is 0 Å². The Morgan fingerprint density at radius 1 is 1.67 bits per heavy atom. The van der Waals surface area contributed by atoms with Crippen molar-refractivity contribution < 1.29 is 19.5 Å². The second-order valence-corrected chi connectivity index (χ2v) is 1.06. The molecule has 0 radical (unpaired) electrons. The van der Waals surface area contributed by atoms with E-state index in [0.717, 1.165) is 0 Å². The summed E-state index contributed by atoms with van der Waals surface area (Å²) in [5, 5.41) is 8.63. The van der Waals surface area contributed by atoms with Gasteiger partial charge in [-0.05, 0) is 0 Å². The largest absolute Gasteiger partial charge is 0.351 e. The van der Waals surface area contributed by atoms with Gasteiger partial charge in [0, 0.05) is 31.9 Å². The van der Waals surface area contributed by atoms with Crippen molar-refractivity contribution in [3.05, 3.63) is 18.7 Å². The smallest absolute Gasteiger partial charge is 0.130 e. The van der Waals surface area contributed by atoms with Crippen LogP contribution in [-0.2, 0) is 19.5 Å². The number of nitriles is 1. The molecule has 44 valence electrons. The number of rotatable bonds is 0. The number of imidazole rings is 1. The molecule has 0 atom stereocenters. The molecule has 0 amide bonds. The van der Waals surface area contributed by atoms with Crippen LogP contribution in [0.15, 0.2) is 18.7 Å². The van der Waals surface area contributed by atoms with Crippen molar-refractivity contribution in [3.8, 4) is 5.40 Å². The van der Waals surface area contributed by atoms with Crippen molar-refractivity contribution >= 4 is 12.6 Å². The van der Waals surface area contributed by atoms with Gasteiger partial charge in [-0.25, -0.2) is 4.98 Å². The maximum Gasteiger partial charge on any atom is 0.130 e. The molecular weight excluding hydrogens is 188 g/mol. The van der Waals surface area contributed by atoms with Crippen LogP contribution < -0.4 is 0 Å². The Hall–Kier alpha value is -0.327. The average molecular weight is 193 g/mol. The fraction of sp³-hybridized carbons (Fsp3) is 0. The first-order valence-electron chi connectivity index (χ1n) is 1.87. The van der Waals surface area contributed by atoms with E-state index in [-0.39, 0.29) is 19.5 Å². The van der Waals surface area contributed by atoms with Crippen LogP contribution in [0.1, 0.15) is 0 Å². The summed E-state index contributed by atoms with van der Waals surface area (Å²) in [5.41, 5.74) is 0.